The van der Waals surface area contributed by atoms with E-state index in [1.165, 1.54) is 115 Å². The number of unbranched alkanes of at least 4 members (excludes halogenated alkanes) is 17. The van der Waals surface area contributed by atoms with Gasteiger partial charge in [-0.15, -0.1) is 0 Å². The standard InChI is InChI=1S/C22H42O2.C11H20O2/c1-4-5-6-7-8-9-10-11-12-13-14-15-16-17-18-19-20-24-22(23)21(2)3;1-4-11(12)13-9-7-5-6-8-10(2)3/h2,4-20H2,1,3H3;4,10H,1,5-9H2,2-3H3. The van der Waals surface area contributed by atoms with Crippen LogP contribution in [0.25, 0.3) is 0 Å². The van der Waals surface area contributed by atoms with Crippen molar-refractivity contribution >= 4 is 11.9 Å². The number of rotatable bonds is 25. The molecule has 0 aliphatic heterocycles. The van der Waals surface area contributed by atoms with Gasteiger partial charge in [-0.25, -0.2) is 9.59 Å². The quantitative estimate of drug-likeness (QED) is 0.0679. The maximum Gasteiger partial charge on any atom is 0.333 e. The smallest absolute Gasteiger partial charge is 0.333 e. The van der Waals surface area contributed by atoms with Crippen molar-refractivity contribution < 1.29 is 19.1 Å². The number of carbonyl (C=O) groups excluding carboxylic acids is 2. The summed E-state index contributed by atoms with van der Waals surface area (Å²) in [6.07, 6.45) is 27.5. The zero-order valence-electron chi connectivity index (χ0n) is 25.3. The van der Waals surface area contributed by atoms with Gasteiger partial charge in [0.15, 0.2) is 0 Å². The summed E-state index contributed by atoms with van der Waals surface area (Å²) in [5.74, 6) is 0.204. The van der Waals surface area contributed by atoms with Crippen LogP contribution in [0, 0.1) is 5.92 Å². The Morgan fingerprint density at radius 1 is 0.649 bits per heavy atom. The fraction of sp³-hybridized carbons (Fsp3) is 0.818. The molecule has 0 rings (SSSR count). The van der Waals surface area contributed by atoms with Gasteiger partial charge in [0.2, 0.25) is 0 Å². The summed E-state index contributed by atoms with van der Waals surface area (Å²) in [4.78, 5) is 21.8. The molecule has 0 spiro atoms. The molecular weight excluding hydrogens is 460 g/mol. The topological polar surface area (TPSA) is 52.6 Å². The van der Waals surface area contributed by atoms with Crippen LogP contribution < -0.4 is 0 Å². The zero-order valence-corrected chi connectivity index (χ0v) is 25.3. The lowest BCUT2D eigenvalue weighted by atomic mass is 10.0. The SMILES string of the molecule is C=C(C)C(=O)OCCCCCCCCCCCCCCCCCC.C=CC(=O)OCCCCCC(C)C. The van der Waals surface area contributed by atoms with E-state index in [-0.39, 0.29) is 11.9 Å². The van der Waals surface area contributed by atoms with E-state index in [1.807, 2.05) is 0 Å². The monoisotopic (exact) mass is 522 g/mol. The Morgan fingerprint density at radius 3 is 1.41 bits per heavy atom. The Labute approximate surface area is 231 Å². The van der Waals surface area contributed by atoms with Crippen molar-refractivity contribution in [2.24, 2.45) is 5.92 Å². The molecule has 0 aromatic carbocycles. The molecule has 0 aromatic rings. The van der Waals surface area contributed by atoms with E-state index in [4.69, 9.17) is 9.47 Å². The number of esters is 2. The van der Waals surface area contributed by atoms with Crippen LogP contribution in [-0.2, 0) is 19.1 Å². The first-order chi connectivity index (χ1) is 17.8. The fourth-order valence-electron chi connectivity index (χ4n) is 4.00. The zero-order chi connectivity index (χ0) is 28.0. The first kappa shape index (κ1) is 37.6. The third-order valence-electron chi connectivity index (χ3n) is 6.42. The van der Waals surface area contributed by atoms with Gasteiger partial charge in [0.1, 0.15) is 0 Å². The van der Waals surface area contributed by atoms with Crippen molar-refractivity contribution in [3.63, 3.8) is 0 Å². The molecule has 4 heteroatoms. The van der Waals surface area contributed by atoms with Crippen molar-refractivity contribution in [3.8, 4) is 0 Å². The maximum atomic E-state index is 11.2. The Bertz CT molecular complexity index is 538. The van der Waals surface area contributed by atoms with Gasteiger partial charge in [-0.3, -0.25) is 0 Å². The lowest BCUT2D eigenvalue weighted by Gasteiger charge is -2.05. The minimum Gasteiger partial charge on any atom is -0.463 e. The van der Waals surface area contributed by atoms with Crippen LogP contribution in [0.4, 0.5) is 0 Å². The Balaban J connectivity index is 0. The summed E-state index contributed by atoms with van der Waals surface area (Å²) >= 11 is 0. The van der Waals surface area contributed by atoms with Gasteiger partial charge in [0, 0.05) is 11.6 Å². The molecule has 0 atom stereocenters. The Morgan fingerprint density at radius 2 is 1.03 bits per heavy atom. The van der Waals surface area contributed by atoms with Gasteiger partial charge in [0.25, 0.3) is 0 Å². The van der Waals surface area contributed by atoms with E-state index in [9.17, 15) is 9.59 Å². The third kappa shape index (κ3) is 34.4. The average Bonchev–Trinajstić information content (AvgIpc) is 2.87. The molecule has 0 aromatic heterocycles. The van der Waals surface area contributed by atoms with Crippen molar-refractivity contribution in [1.29, 1.82) is 0 Å². The molecule has 0 saturated heterocycles. The van der Waals surface area contributed by atoms with Gasteiger partial charge in [-0.2, -0.15) is 0 Å². The summed E-state index contributed by atoms with van der Waals surface area (Å²) in [6, 6.07) is 0. The van der Waals surface area contributed by atoms with E-state index in [1.54, 1.807) is 6.92 Å². The second-order valence-corrected chi connectivity index (χ2v) is 10.8. The number of hydrogen-bond acceptors (Lipinski definition) is 4. The van der Waals surface area contributed by atoms with Gasteiger partial charge in [-0.1, -0.05) is 150 Å². The third-order valence-corrected chi connectivity index (χ3v) is 6.42. The van der Waals surface area contributed by atoms with E-state index in [0.717, 1.165) is 25.2 Å². The minimum absolute atomic E-state index is 0.254. The summed E-state index contributed by atoms with van der Waals surface area (Å²) in [6.45, 7) is 16.4. The molecule has 0 saturated carbocycles. The minimum atomic E-state index is -0.316. The van der Waals surface area contributed by atoms with Gasteiger partial charge in [-0.05, 0) is 25.7 Å². The molecular formula is C33H62O4. The molecule has 0 radical (unpaired) electrons. The second kappa shape index (κ2) is 30.6. The first-order valence-electron chi connectivity index (χ1n) is 15.5. The van der Waals surface area contributed by atoms with Crippen LogP contribution in [0.1, 0.15) is 156 Å². The van der Waals surface area contributed by atoms with E-state index >= 15 is 0 Å². The molecule has 37 heavy (non-hydrogen) atoms. The molecule has 0 amide bonds. The molecule has 0 bridgehead atoms. The van der Waals surface area contributed by atoms with E-state index in [2.05, 4.69) is 33.9 Å². The second-order valence-electron chi connectivity index (χ2n) is 10.8. The Kier molecular flexibility index (Phi) is 31.1. The summed E-state index contributed by atoms with van der Waals surface area (Å²) in [5, 5.41) is 0. The van der Waals surface area contributed by atoms with Crippen LogP contribution in [0.5, 0.6) is 0 Å². The molecule has 0 heterocycles. The molecule has 0 aliphatic rings. The lowest BCUT2D eigenvalue weighted by Crippen LogP contribution is -2.05. The molecule has 0 unspecified atom stereocenters. The van der Waals surface area contributed by atoms with Crippen LogP contribution >= 0.6 is 0 Å². The van der Waals surface area contributed by atoms with E-state index < -0.39 is 0 Å². The summed E-state index contributed by atoms with van der Waals surface area (Å²) in [7, 11) is 0. The van der Waals surface area contributed by atoms with Gasteiger partial charge < -0.3 is 9.47 Å². The largest absolute Gasteiger partial charge is 0.463 e. The van der Waals surface area contributed by atoms with Crippen molar-refractivity contribution in [2.75, 3.05) is 13.2 Å². The predicted octanol–water partition coefficient (Wildman–Crippen LogP) is 10.3. The van der Waals surface area contributed by atoms with Crippen LogP contribution in [0.2, 0.25) is 0 Å². The van der Waals surface area contributed by atoms with E-state index in [0.29, 0.717) is 18.8 Å². The highest BCUT2D eigenvalue weighted by molar-refractivity contribution is 5.86. The summed E-state index contributed by atoms with van der Waals surface area (Å²) < 4.78 is 9.93. The normalized spacial score (nSPS) is 10.5. The van der Waals surface area contributed by atoms with Gasteiger partial charge in [0.05, 0.1) is 13.2 Å². The highest BCUT2D eigenvalue weighted by Crippen LogP contribution is 2.14. The molecule has 218 valence electrons. The van der Waals surface area contributed by atoms with Crippen LogP contribution in [0.3, 0.4) is 0 Å². The molecule has 0 aliphatic carbocycles. The number of ether oxygens (including phenoxy) is 2. The highest BCUT2D eigenvalue weighted by atomic mass is 16.5. The number of hydrogen-bond donors (Lipinski definition) is 0. The average molecular weight is 523 g/mol. The summed E-state index contributed by atoms with van der Waals surface area (Å²) in [5.41, 5.74) is 0.492. The number of carbonyl (C=O) groups is 2. The highest BCUT2D eigenvalue weighted by Gasteiger charge is 2.02. The van der Waals surface area contributed by atoms with Crippen molar-refractivity contribution in [1.82, 2.24) is 0 Å². The Hall–Kier alpha value is -1.58. The van der Waals surface area contributed by atoms with Crippen LogP contribution in [0.15, 0.2) is 24.8 Å². The predicted molar refractivity (Wildman–Crippen MR) is 160 cm³/mol. The van der Waals surface area contributed by atoms with Crippen LogP contribution in [-0.4, -0.2) is 25.2 Å². The van der Waals surface area contributed by atoms with Crippen molar-refractivity contribution in [3.05, 3.63) is 24.8 Å². The molecule has 4 nitrogen and oxygen atoms in total. The fourth-order valence-corrected chi connectivity index (χ4v) is 4.00. The first-order valence-corrected chi connectivity index (χ1v) is 15.5. The maximum absolute atomic E-state index is 11.2. The van der Waals surface area contributed by atoms with Crippen molar-refractivity contribution in [2.45, 2.75) is 156 Å². The molecule has 0 N–H and O–H groups in total. The van der Waals surface area contributed by atoms with Gasteiger partial charge >= 0.3 is 11.9 Å². The molecule has 0 fully saturated rings. The lowest BCUT2D eigenvalue weighted by molar-refractivity contribution is -0.139.